The van der Waals surface area contributed by atoms with Crippen molar-refractivity contribution in [2.75, 3.05) is 33.7 Å². The zero-order valence-corrected chi connectivity index (χ0v) is 13.6. The summed E-state index contributed by atoms with van der Waals surface area (Å²) in [5.41, 5.74) is 0. The minimum absolute atomic E-state index is 0.0715. The molecule has 6 nitrogen and oxygen atoms in total. The second kappa shape index (κ2) is 8.22. The van der Waals surface area contributed by atoms with Gasteiger partial charge in [0, 0.05) is 19.6 Å². The maximum Gasteiger partial charge on any atom is 0.326 e. The Labute approximate surface area is 127 Å². The molecule has 2 atom stereocenters. The van der Waals surface area contributed by atoms with E-state index in [9.17, 15) is 14.7 Å². The maximum atomic E-state index is 12.2. The smallest absolute Gasteiger partial charge is 0.326 e. The Morgan fingerprint density at radius 2 is 1.90 bits per heavy atom. The third-order valence-corrected chi connectivity index (χ3v) is 4.28. The van der Waals surface area contributed by atoms with Gasteiger partial charge in [0.05, 0.1) is 0 Å². The second-order valence-corrected chi connectivity index (χ2v) is 6.34. The van der Waals surface area contributed by atoms with Crippen LogP contribution in [0.4, 0.5) is 4.79 Å². The van der Waals surface area contributed by atoms with Gasteiger partial charge in [0.25, 0.3) is 0 Å². The summed E-state index contributed by atoms with van der Waals surface area (Å²) in [6.45, 7) is 6.23. The van der Waals surface area contributed by atoms with Crippen LogP contribution in [0.5, 0.6) is 0 Å². The zero-order chi connectivity index (χ0) is 16.0. The SMILES string of the molecule is CCC(C)[C@H](NC(=O)N1CCC(CN(C)C)CC1)C(=O)O. The topological polar surface area (TPSA) is 72.9 Å². The van der Waals surface area contributed by atoms with Crippen LogP contribution < -0.4 is 5.32 Å². The third-order valence-electron chi connectivity index (χ3n) is 4.28. The van der Waals surface area contributed by atoms with E-state index in [-0.39, 0.29) is 11.9 Å². The van der Waals surface area contributed by atoms with E-state index in [0.717, 1.165) is 25.8 Å². The summed E-state index contributed by atoms with van der Waals surface area (Å²) in [6, 6.07) is -1.05. The third kappa shape index (κ3) is 5.53. The summed E-state index contributed by atoms with van der Waals surface area (Å²) in [6.07, 6.45) is 2.68. The van der Waals surface area contributed by atoms with E-state index in [1.54, 1.807) is 4.90 Å². The van der Waals surface area contributed by atoms with Crippen molar-refractivity contribution in [2.24, 2.45) is 11.8 Å². The van der Waals surface area contributed by atoms with Gasteiger partial charge < -0.3 is 20.2 Å². The number of carboxylic acids is 1. The maximum absolute atomic E-state index is 12.2. The Morgan fingerprint density at radius 1 is 1.33 bits per heavy atom. The quantitative estimate of drug-likeness (QED) is 0.779. The average Bonchev–Trinajstić information content (AvgIpc) is 2.43. The molecule has 0 aromatic heterocycles. The highest BCUT2D eigenvalue weighted by Crippen LogP contribution is 2.18. The number of carbonyl (C=O) groups excluding carboxylic acids is 1. The molecule has 1 heterocycles. The minimum Gasteiger partial charge on any atom is -0.480 e. The lowest BCUT2D eigenvalue weighted by molar-refractivity contribution is -0.140. The minimum atomic E-state index is -0.958. The summed E-state index contributed by atoms with van der Waals surface area (Å²) < 4.78 is 0. The van der Waals surface area contributed by atoms with Crippen LogP contribution in [0.1, 0.15) is 33.1 Å². The number of carbonyl (C=O) groups is 2. The molecule has 1 aliphatic heterocycles. The number of likely N-dealkylation sites (tertiary alicyclic amines) is 1. The fourth-order valence-corrected chi connectivity index (χ4v) is 2.74. The molecule has 0 aromatic rings. The van der Waals surface area contributed by atoms with Crippen LogP contribution in [0.25, 0.3) is 0 Å². The first-order valence-corrected chi connectivity index (χ1v) is 7.78. The van der Waals surface area contributed by atoms with Gasteiger partial charge in [-0.3, -0.25) is 0 Å². The molecule has 2 N–H and O–H groups in total. The Hall–Kier alpha value is -1.30. The Kier molecular flexibility index (Phi) is 6.95. The summed E-state index contributed by atoms with van der Waals surface area (Å²) in [7, 11) is 4.12. The molecule has 0 aliphatic carbocycles. The van der Waals surface area contributed by atoms with Gasteiger partial charge in [-0.15, -0.1) is 0 Å². The normalized spacial score (nSPS) is 19.4. The standard InChI is InChI=1S/C15H29N3O3/c1-5-11(2)13(14(19)20)16-15(21)18-8-6-12(7-9-18)10-17(3)4/h11-13H,5-10H2,1-4H3,(H,16,21)(H,19,20)/t11?,13-/m0/s1. The first kappa shape index (κ1) is 17.8. The van der Waals surface area contributed by atoms with Gasteiger partial charge in [-0.05, 0) is 38.8 Å². The van der Waals surface area contributed by atoms with E-state index in [1.807, 2.05) is 13.8 Å². The summed E-state index contributed by atoms with van der Waals surface area (Å²) in [4.78, 5) is 27.4. The molecule has 122 valence electrons. The zero-order valence-electron chi connectivity index (χ0n) is 13.6. The van der Waals surface area contributed by atoms with Crippen LogP contribution in [0.15, 0.2) is 0 Å². The van der Waals surface area contributed by atoms with E-state index in [2.05, 4.69) is 24.3 Å². The highest BCUT2D eigenvalue weighted by Gasteiger charge is 2.29. The lowest BCUT2D eigenvalue weighted by Gasteiger charge is -2.34. The van der Waals surface area contributed by atoms with Crippen LogP contribution >= 0.6 is 0 Å². The lowest BCUT2D eigenvalue weighted by atomic mass is 9.96. The molecule has 1 fully saturated rings. The lowest BCUT2D eigenvalue weighted by Crippen LogP contribution is -2.52. The fraction of sp³-hybridized carbons (Fsp3) is 0.867. The van der Waals surface area contributed by atoms with Gasteiger partial charge in [0.2, 0.25) is 0 Å². The number of carboxylic acid groups (broad SMARTS) is 1. The van der Waals surface area contributed by atoms with Crippen molar-refractivity contribution in [1.82, 2.24) is 15.1 Å². The number of piperidine rings is 1. The van der Waals surface area contributed by atoms with E-state index in [4.69, 9.17) is 0 Å². The Morgan fingerprint density at radius 3 is 2.33 bits per heavy atom. The van der Waals surface area contributed by atoms with E-state index < -0.39 is 12.0 Å². The van der Waals surface area contributed by atoms with Crippen molar-refractivity contribution < 1.29 is 14.7 Å². The van der Waals surface area contributed by atoms with Gasteiger partial charge in [-0.1, -0.05) is 20.3 Å². The molecule has 0 spiro atoms. The van der Waals surface area contributed by atoms with Crippen LogP contribution in [0.2, 0.25) is 0 Å². The molecule has 1 aliphatic rings. The second-order valence-electron chi connectivity index (χ2n) is 6.34. The van der Waals surface area contributed by atoms with Crippen molar-refractivity contribution in [3.05, 3.63) is 0 Å². The number of nitrogens with zero attached hydrogens (tertiary/aromatic N) is 2. The van der Waals surface area contributed by atoms with Crippen LogP contribution in [-0.2, 0) is 4.79 Å². The highest BCUT2D eigenvalue weighted by atomic mass is 16.4. The van der Waals surface area contributed by atoms with Gasteiger partial charge in [0.1, 0.15) is 6.04 Å². The number of hydrogen-bond donors (Lipinski definition) is 2. The number of amides is 2. The molecule has 6 heteroatoms. The van der Waals surface area contributed by atoms with Gasteiger partial charge in [-0.25, -0.2) is 9.59 Å². The van der Waals surface area contributed by atoms with Crippen molar-refractivity contribution in [3.8, 4) is 0 Å². The molecule has 0 radical (unpaired) electrons. The molecule has 21 heavy (non-hydrogen) atoms. The molecule has 2 amide bonds. The molecular formula is C15H29N3O3. The predicted octanol–water partition coefficient (Wildman–Crippen LogP) is 1.47. The largest absolute Gasteiger partial charge is 0.480 e. The molecule has 0 aromatic carbocycles. The molecule has 1 rings (SSSR count). The van der Waals surface area contributed by atoms with Gasteiger partial charge >= 0.3 is 12.0 Å². The molecule has 0 saturated carbocycles. The predicted molar refractivity (Wildman–Crippen MR) is 82.3 cm³/mol. The van der Waals surface area contributed by atoms with E-state index in [0.29, 0.717) is 19.0 Å². The van der Waals surface area contributed by atoms with E-state index >= 15 is 0 Å². The van der Waals surface area contributed by atoms with Gasteiger partial charge in [0.15, 0.2) is 0 Å². The molecule has 1 unspecified atom stereocenters. The van der Waals surface area contributed by atoms with Crippen LogP contribution in [0, 0.1) is 11.8 Å². The Balaban J connectivity index is 2.48. The number of hydrogen-bond acceptors (Lipinski definition) is 3. The average molecular weight is 299 g/mol. The van der Waals surface area contributed by atoms with E-state index in [1.165, 1.54) is 0 Å². The van der Waals surface area contributed by atoms with Crippen molar-refractivity contribution >= 4 is 12.0 Å². The first-order valence-electron chi connectivity index (χ1n) is 7.78. The van der Waals surface area contributed by atoms with Crippen LogP contribution in [0.3, 0.4) is 0 Å². The fourth-order valence-electron chi connectivity index (χ4n) is 2.74. The van der Waals surface area contributed by atoms with Crippen molar-refractivity contribution in [1.29, 1.82) is 0 Å². The summed E-state index contributed by atoms with van der Waals surface area (Å²) in [5.74, 6) is -0.410. The van der Waals surface area contributed by atoms with Crippen molar-refractivity contribution in [2.45, 2.75) is 39.2 Å². The monoisotopic (exact) mass is 299 g/mol. The van der Waals surface area contributed by atoms with Crippen LogP contribution in [-0.4, -0.2) is 66.7 Å². The number of aliphatic carboxylic acids is 1. The van der Waals surface area contributed by atoms with Crippen molar-refractivity contribution in [3.63, 3.8) is 0 Å². The number of rotatable bonds is 6. The summed E-state index contributed by atoms with van der Waals surface area (Å²) >= 11 is 0. The number of urea groups is 1. The molecular weight excluding hydrogens is 270 g/mol. The summed E-state index contributed by atoms with van der Waals surface area (Å²) in [5, 5.41) is 11.9. The molecule has 0 bridgehead atoms. The molecule has 1 saturated heterocycles. The number of nitrogens with one attached hydrogen (secondary N) is 1. The highest BCUT2D eigenvalue weighted by molar-refractivity contribution is 5.82. The van der Waals surface area contributed by atoms with Gasteiger partial charge in [-0.2, -0.15) is 0 Å². The Bertz CT molecular complexity index is 352. The first-order chi connectivity index (χ1) is 9.85.